The summed E-state index contributed by atoms with van der Waals surface area (Å²) in [5.41, 5.74) is 0.321. The summed E-state index contributed by atoms with van der Waals surface area (Å²) in [6.45, 7) is 4.11. The van der Waals surface area contributed by atoms with Crippen LogP contribution in [0.25, 0.3) is 0 Å². The first kappa shape index (κ1) is 16.9. The molecule has 120 valence electrons. The molecule has 1 aromatic heterocycles. The van der Waals surface area contributed by atoms with E-state index in [0.717, 1.165) is 12.8 Å². The Kier molecular flexibility index (Phi) is 5.94. The summed E-state index contributed by atoms with van der Waals surface area (Å²) in [7, 11) is 0. The largest absolute Gasteiger partial charge is 0.452 e. The number of esters is 1. The number of ether oxygens (including phenoxy) is 1. The van der Waals surface area contributed by atoms with Gasteiger partial charge in [-0.25, -0.2) is 4.79 Å². The van der Waals surface area contributed by atoms with Crippen LogP contribution in [0.4, 0.5) is 0 Å². The first-order valence-corrected chi connectivity index (χ1v) is 8.33. The van der Waals surface area contributed by atoms with E-state index in [4.69, 9.17) is 4.74 Å². The van der Waals surface area contributed by atoms with E-state index in [1.807, 2.05) is 0 Å². The Hall–Kier alpha value is -1.43. The second-order valence-electron chi connectivity index (χ2n) is 5.91. The van der Waals surface area contributed by atoms with Crippen LogP contribution in [0.1, 0.15) is 43.5 Å². The fourth-order valence-electron chi connectivity index (χ4n) is 2.77. The van der Waals surface area contributed by atoms with Gasteiger partial charge in [0.05, 0.1) is 5.56 Å². The fourth-order valence-corrected chi connectivity index (χ4v) is 3.14. The number of carbonyl (C=O) groups is 2. The zero-order valence-electron chi connectivity index (χ0n) is 12.8. The molecular weight excluding hydrogens is 348 g/mol. The van der Waals surface area contributed by atoms with Crippen LogP contribution in [-0.4, -0.2) is 29.5 Å². The molecule has 5 nitrogen and oxygen atoms in total. The average molecular weight is 369 g/mol. The lowest BCUT2D eigenvalue weighted by Gasteiger charge is -2.34. The van der Waals surface area contributed by atoms with Crippen LogP contribution in [0.5, 0.6) is 0 Å². The molecule has 3 unspecified atom stereocenters. The van der Waals surface area contributed by atoms with Crippen LogP contribution in [0.2, 0.25) is 0 Å². The summed E-state index contributed by atoms with van der Waals surface area (Å²) in [5, 5.41) is 2.98. The number of hydrogen-bond acceptors (Lipinski definition) is 4. The van der Waals surface area contributed by atoms with Crippen LogP contribution in [0.15, 0.2) is 22.9 Å². The highest BCUT2D eigenvalue weighted by Crippen LogP contribution is 2.29. The van der Waals surface area contributed by atoms with Crippen molar-refractivity contribution in [1.29, 1.82) is 0 Å². The lowest BCUT2D eigenvalue weighted by molar-refractivity contribution is -0.125. The molecule has 1 fully saturated rings. The summed E-state index contributed by atoms with van der Waals surface area (Å²) in [6, 6.07) is 1.78. The molecule has 0 aromatic carbocycles. The third kappa shape index (κ3) is 4.53. The summed E-state index contributed by atoms with van der Waals surface area (Å²) in [4.78, 5) is 27.7. The van der Waals surface area contributed by atoms with Crippen molar-refractivity contribution in [3.05, 3.63) is 28.5 Å². The molecule has 3 atom stereocenters. The van der Waals surface area contributed by atoms with E-state index < -0.39 is 5.97 Å². The Labute approximate surface area is 139 Å². The number of carbonyl (C=O) groups excluding carboxylic acids is 2. The quantitative estimate of drug-likeness (QED) is 0.829. The van der Waals surface area contributed by atoms with Gasteiger partial charge in [-0.3, -0.25) is 9.78 Å². The van der Waals surface area contributed by atoms with Gasteiger partial charge in [-0.05, 0) is 40.3 Å². The minimum Gasteiger partial charge on any atom is -0.452 e. The summed E-state index contributed by atoms with van der Waals surface area (Å²) >= 11 is 3.24. The first-order valence-electron chi connectivity index (χ1n) is 7.54. The zero-order chi connectivity index (χ0) is 16.1. The normalized spacial score (nSPS) is 24.6. The molecule has 1 aliphatic carbocycles. The van der Waals surface area contributed by atoms with Crippen LogP contribution in [0, 0.1) is 11.8 Å². The van der Waals surface area contributed by atoms with Crippen LogP contribution >= 0.6 is 15.9 Å². The van der Waals surface area contributed by atoms with E-state index in [1.54, 1.807) is 12.3 Å². The number of rotatable bonds is 4. The zero-order valence-corrected chi connectivity index (χ0v) is 14.4. The van der Waals surface area contributed by atoms with Gasteiger partial charge in [0, 0.05) is 22.9 Å². The maximum atomic E-state index is 12.0. The van der Waals surface area contributed by atoms with Crippen molar-refractivity contribution in [3.63, 3.8) is 0 Å². The molecule has 0 radical (unpaired) electrons. The summed E-state index contributed by atoms with van der Waals surface area (Å²) < 4.78 is 5.73. The predicted molar refractivity (Wildman–Crippen MR) is 86.3 cm³/mol. The highest BCUT2D eigenvalue weighted by Gasteiger charge is 2.28. The number of halogens is 1. The van der Waals surface area contributed by atoms with Gasteiger partial charge in [-0.2, -0.15) is 0 Å². The van der Waals surface area contributed by atoms with E-state index in [0.29, 0.717) is 21.9 Å². The molecule has 1 aliphatic rings. The highest BCUT2D eigenvalue weighted by atomic mass is 79.9. The average Bonchev–Trinajstić information content (AvgIpc) is 2.49. The van der Waals surface area contributed by atoms with Gasteiger partial charge in [0.2, 0.25) is 0 Å². The molecule has 0 bridgehead atoms. The Morgan fingerprint density at radius 2 is 2.14 bits per heavy atom. The minimum atomic E-state index is -0.547. The van der Waals surface area contributed by atoms with E-state index in [-0.39, 0.29) is 18.6 Å². The maximum Gasteiger partial charge on any atom is 0.340 e. The van der Waals surface area contributed by atoms with E-state index in [2.05, 4.69) is 40.1 Å². The van der Waals surface area contributed by atoms with Gasteiger partial charge >= 0.3 is 5.97 Å². The van der Waals surface area contributed by atoms with E-state index in [1.165, 1.54) is 12.6 Å². The van der Waals surface area contributed by atoms with Crippen molar-refractivity contribution in [2.45, 2.75) is 39.2 Å². The van der Waals surface area contributed by atoms with Crippen molar-refractivity contribution < 1.29 is 14.3 Å². The number of hydrogen-bond donors (Lipinski definition) is 1. The SMILES string of the molecule is CC1CCCC(NC(=O)COC(=O)c2cncc(Br)c2)C1C. The minimum absolute atomic E-state index is 0.169. The predicted octanol–water partition coefficient (Wildman–Crippen LogP) is 2.94. The van der Waals surface area contributed by atoms with Crippen molar-refractivity contribution in [2.75, 3.05) is 6.61 Å². The molecule has 1 saturated carbocycles. The van der Waals surface area contributed by atoms with Crippen molar-refractivity contribution >= 4 is 27.8 Å². The lowest BCUT2D eigenvalue weighted by Crippen LogP contribution is -2.45. The molecule has 2 rings (SSSR count). The first-order chi connectivity index (χ1) is 10.5. The van der Waals surface area contributed by atoms with Gasteiger partial charge in [0.25, 0.3) is 5.91 Å². The fraction of sp³-hybridized carbons (Fsp3) is 0.562. The number of amides is 1. The molecule has 1 heterocycles. The Morgan fingerprint density at radius 1 is 1.36 bits per heavy atom. The Bertz CT molecular complexity index is 550. The van der Waals surface area contributed by atoms with Gasteiger partial charge in [0.15, 0.2) is 6.61 Å². The number of pyridine rings is 1. The molecule has 0 saturated heterocycles. The Balaban J connectivity index is 1.81. The second-order valence-corrected chi connectivity index (χ2v) is 6.82. The van der Waals surface area contributed by atoms with Crippen LogP contribution in [-0.2, 0) is 9.53 Å². The molecule has 0 aliphatic heterocycles. The van der Waals surface area contributed by atoms with Crippen molar-refractivity contribution in [2.24, 2.45) is 11.8 Å². The standard InChI is InChI=1S/C16H21BrN2O3/c1-10-4-3-5-14(11(10)2)19-15(20)9-22-16(21)12-6-13(17)8-18-7-12/h6-8,10-11,14H,3-5,9H2,1-2H3,(H,19,20). The maximum absolute atomic E-state index is 12.0. The molecule has 1 amide bonds. The van der Waals surface area contributed by atoms with E-state index in [9.17, 15) is 9.59 Å². The number of aromatic nitrogens is 1. The Morgan fingerprint density at radius 3 is 2.86 bits per heavy atom. The third-order valence-electron chi connectivity index (χ3n) is 4.33. The smallest absolute Gasteiger partial charge is 0.340 e. The molecule has 22 heavy (non-hydrogen) atoms. The molecule has 1 N–H and O–H groups in total. The lowest BCUT2D eigenvalue weighted by atomic mass is 9.78. The van der Waals surface area contributed by atoms with E-state index >= 15 is 0 Å². The summed E-state index contributed by atoms with van der Waals surface area (Å²) in [5.74, 6) is 0.258. The third-order valence-corrected chi connectivity index (χ3v) is 4.76. The number of nitrogens with zero attached hydrogens (tertiary/aromatic N) is 1. The molecule has 1 aromatic rings. The molecule has 0 spiro atoms. The monoisotopic (exact) mass is 368 g/mol. The van der Waals surface area contributed by atoms with Crippen molar-refractivity contribution in [3.8, 4) is 0 Å². The molecular formula is C16H21BrN2O3. The van der Waals surface area contributed by atoms with Gasteiger partial charge < -0.3 is 10.1 Å². The topological polar surface area (TPSA) is 68.3 Å². The van der Waals surface area contributed by atoms with Gasteiger partial charge in [-0.1, -0.05) is 26.7 Å². The summed E-state index contributed by atoms with van der Waals surface area (Å²) in [6.07, 6.45) is 6.31. The van der Waals surface area contributed by atoms with Gasteiger partial charge in [-0.15, -0.1) is 0 Å². The second kappa shape index (κ2) is 7.72. The van der Waals surface area contributed by atoms with Gasteiger partial charge in [0.1, 0.15) is 0 Å². The highest BCUT2D eigenvalue weighted by molar-refractivity contribution is 9.10. The van der Waals surface area contributed by atoms with Crippen molar-refractivity contribution in [1.82, 2.24) is 10.3 Å². The molecule has 6 heteroatoms. The van der Waals surface area contributed by atoms with Crippen LogP contribution in [0.3, 0.4) is 0 Å². The van der Waals surface area contributed by atoms with Crippen LogP contribution < -0.4 is 5.32 Å². The number of nitrogens with one attached hydrogen (secondary N) is 1.